The Balaban J connectivity index is 1.01. The molecule has 3 aromatic rings. The Morgan fingerprint density at radius 3 is 2.62 bits per heavy atom. The quantitative estimate of drug-likeness (QED) is 0.434. The number of hydrazine groups is 1. The van der Waals surface area contributed by atoms with E-state index in [-0.39, 0.29) is 17.2 Å². The molecule has 0 radical (unpaired) electrons. The summed E-state index contributed by atoms with van der Waals surface area (Å²) in [5.74, 6) is 0.476. The number of Topliss-reactive ketones (excluding diaryl/α,β-unsaturated/α-hetero) is 1. The maximum absolute atomic E-state index is 13.1. The highest BCUT2D eigenvalue weighted by Gasteiger charge is 2.48. The number of carbonyl (C=O) groups excluding carboxylic acids is 2. The summed E-state index contributed by atoms with van der Waals surface area (Å²) in [6, 6.07) is 14.5. The van der Waals surface area contributed by atoms with Crippen molar-refractivity contribution in [3.63, 3.8) is 0 Å². The van der Waals surface area contributed by atoms with E-state index in [0.717, 1.165) is 67.6 Å². The molecule has 8 heteroatoms. The first-order valence-corrected chi connectivity index (χ1v) is 14.3. The molecule has 6 rings (SSSR count). The third kappa shape index (κ3) is 5.13. The Morgan fingerprint density at radius 1 is 1.10 bits per heavy atom. The number of nitrogens with zero attached hydrogens (tertiary/aromatic N) is 3. The summed E-state index contributed by atoms with van der Waals surface area (Å²) in [7, 11) is 1.56. The second-order valence-corrected chi connectivity index (χ2v) is 11.7. The molecule has 1 atom stereocenters. The number of ether oxygens (including phenoxy) is 1. The average molecular weight is 540 g/mol. The first-order chi connectivity index (χ1) is 19.3. The molecule has 1 aliphatic heterocycles. The molecule has 0 bridgehead atoms. The lowest BCUT2D eigenvalue weighted by Crippen LogP contribution is -2.72. The molecule has 2 heterocycles. The van der Waals surface area contributed by atoms with E-state index in [1.807, 2.05) is 25.1 Å². The molecule has 2 aliphatic carbocycles. The molecular weight excluding hydrogens is 502 g/mol. The zero-order chi connectivity index (χ0) is 27.9. The number of ketones is 1. The summed E-state index contributed by atoms with van der Waals surface area (Å²) >= 11 is 0. The van der Waals surface area contributed by atoms with Gasteiger partial charge in [-0.1, -0.05) is 18.2 Å². The molecule has 1 amide bonds. The molecule has 1 spiro atoms. The van der Waals surface area contributed by atoms with Crippen LogP contribution in [-0.2, 0) is 17.6 Å². The van der Waals surface area contributed by atoms with Crippen molar-refractivity contribution in [2.45, 2.75) is 69.9 Å². The van der Waals surface area contributed by atoms with Crippen LogP contribution in [0.4, 0.5) is 0 Å². The first-order valence-electron chi connectivity index (χ1n) is 14.3. The van der Waals surface area contributed by atoms with Crippen LogP contribution in [0, 0.1) is 12.8 Å². The zero-order valence-corrected chi connectivity index (χ0v) is 23.3. The number of fused-ring (bicyclic) bond motifs is 1. The van der Waals surface area contributed by atoms with Crippen molar-refractivity contribution in [1.29, 1.82) is 0 Å². The van der Waals surface area contributed by atoms with Crippen molar-refractivity contribution in [3.05, 3.63) is 76.7 Å². The Hall–Kier alpha value is -3.62. The van der Waals surface area contributed by atoms with Crippen LogP contribution in [-0.4, -0.2) is 45.9 Å². The molecule has 3 aliphatic rings. The molecule has 2 fully saturated rings. The number of hydrogen-bond acceptors (Lipinski definition) is 7. The van der Waals surface area contributed by atoms with Crippen molar-refractivity contribution in [1.82, 2.24) is 20.4 Å². The lowest BCUT2D eigenvalue weighted by Gasteiger charge is -2.56. The monoisotopic (exact) mass is 539 g/mol. The van der Waals surface area contributed by atoms with E-state index in [9.17, 15) is 9.59 Å². The van der Waals surface area contributed by atoms with Gasteiger partial charge >= 0.3 is 0 Å². The lowest BCUT2D eigenvalue weighted by molar-refractivity contribution is -0.128. The van der Waals surface area contributed by atoms with Crippen molar-refractivity contribution >= 4 is 11.7 Å². The molecular formula is C32H37N5O3. The maximum Gasteiger partial charge on any atom is 0.249 e. The minimum atomic E-state index is -0.493. The van der Waals surface area contributed by atoms with Crippen LogP contribution in [0.1, 0.15) is 77.3 Å². The normalized spacial score (nSPS) is 23.9. The standard InChI is InChI=1S/C32H37N5O3/c1-20-15-28(35-19-34-20)24-4-8-26-23(16-24)5-9-29(26)37-18-32(36-37)13-11-22(12-14-32)30(38)10-6-21-3-7-25(40-2)17-27(21)31(33)39/h3-4,7-8,15-17,19,22,29,36H,5-6,9-14,18H2,1-2H3,(H2,33,39). The summed E-state index contributed by atoms with van der Waals surface area (Å²) in [5, 5.41) is 2.41. The van der Waals surface area contributed by atoms with Crippen LogP contribution in [0.15, 0.2) is 48.8 Å². The Labute approximate surface area is 235 Å². The SMILES string of the molecule is COc1ccc(CCC(=O)C2CCC3(CC2)CN(C2CCc4cc(-c5cc(C)ncn5)ccc42)N3)c(C(N)=O)c1. The smallest absolute Gasteiger partial charge is 0.249 e. The first kappa shape index (κ1) is 26.6. The van der Waals surface area contributed by atoms with Gasteiger partial charge in [0.2, 0.25) is 5.91 Å². The second-order valence-electron chi connectivity index (χ2n) is 11.7. The molecule has 2 aromatic carbocycles. The molecule has 1 aromatic heterocycles. The van der Waals surface area contributed by atoms with Crippen LogP contribution in [0.25, 0.3) is 11.3 Å². The number of nitrogens with two attached hydrogens (primary N) is 1. The second kappa shape index (κ2) is 10.7. The summed E-state index contributed by atoms with van der Waals surface area (Å²) < 4.78 is 5.21. The molecule has 8 nitrogen and oxygen atoms in total. The number of amides is 1. The van der Waals surface area contributed by atoms with Gasteiger partial charge in [-0.25, -0.2) is 20.4 Å². The molecule has 1 saturated carbocycles. The van der Waals surface area contributed by atoms with Gasteiger partial charge in [0.25, 0.3) is 0 Å². The van der Waals surface area contributed by atoms with E-state index in [2.05, 4.69) is 38.6 Å². The summed E-state index contributed by atoms with van der Waals surface area (Å²) in [6.07, 6.45) is 8.62. The molecule has 208 valence electrons. The number of hydrogen-bond donors (Lipinski definition) is 2. The predicted octanol–water partition coefficient (Wildman–Crippen LogP) is 4.50. The van der Waals surface area contributed by atoms with Crippen molar-refractivity contribution in [2.75, 3.05) is 13.7 Å². The van der Waals surface area contributed by atoms with E-state index in [1.165, 1.54) is 11.1 Å². The highest BCUT2D eigenvalue weighted by molar-refractivity contribution is 5.95. The number of methoxy groups -OCH3 is 1. The maximum atomic E-state index is 13.1. The third-order valence-electron chi connectivity index (χ3n) is 9.14. The average Bonchev–Trinajstić information content (AvgIpc) is 3.37. The van der Waals surface area contributed by atoms with Gasteiger partial charge in [-0.3, -0.25) is 9.59 Å². The fourth-order valence-corrected chi connectivity index (χ4v) is 6.85. The van der Waals surface area contributed by atoms with Crippen LogP contribution < -0.4 is 15.9 Å². The van der Waals surface area contributed by atoms with Gasteiger partial charge in [0, 0.05) is 47.3 Å². The van der Waals surface area contributed by atoms with Gasteiger partial charge < -0.3 is 10.5 Å². The summed E-state index contributed by atoms with van der Waals surface area (Å²) in [4.78, 5) is 33.6. The number of benzene rings is 2. The Morgan fingerprint density at radius 2 is 1.90 bits per heavy atom. The number of aromatic nitrogens is 2. The number of primary amides is 1. The lowest BCUT2D eigenvalue weighted by atomic mass is 9.72. The van der Waals surface area contributed by atoms with Crippen molar-refractivity contribution < 1.29 is 14.3 Å². The third-order valence-corrected chi connectivity index (χ3v) is 9.14. The van der Waals surface area contributed by atoms with Crippen molar-refractivity contribution in [3.8, 4) is 17.0 Å². The van der Waals surface area contributed by atoms with E-state index in [4.69, 9.17) is 10.5 Å². The van der Waals surface area contributed by atoms with Crippen LogP contribution in [0.5, 0.6) is 5.75 Å². The topological polar surface area (TPSA) is 110 Å². The number of rotatable bonds is 8. The molecule has 40 heavy (non-hydrogen) atoms. The highest BCUT2D eigenvalue weighted by Crippen LogP contribution is 2.44. The molecule has 3 N–H and O–H groups in total. The molecule has 1 saturated heterocycles. The molecule has 1 unspecified atom stereocenters. The number of carbonyl (C=O) groups is 2. The van der Waals surface area contributed by atoms with Gasteiger partial charge in [0.1, 0.15) is 17.9 Å². The number of nitrogens with one attached hydrogen (secondary N) is 1. The van der Waals surface area contributed by atoms with Gasteiger partial charge in [0.15, 0.2) is 0 Å². The van der Waals surface area contributed by atoms with E-state index >= 15 is 0 Å². The predicted molar refractivity (Wildman–Crippen MR) is 153 cm³/mol. The summed E-state index contributed by atoms with van der Waals surface area (Å²) in [5.41, 5.74) is 16.7. The fourth-order valence-electron chi connectivity index (χ4n) is 6.85. The Kier molecular flexibility index (Phi) is 7.15. The zero-order valence-electron chi connectivity index (χ0n) is 23.3. The highest BCUT2D eigenvalue weighted by atomic mass is 16.5. The van der Waals surface area contributed by atoms with Crippen LogP contribution >= 0.6 is 0 Å². The minimum Gasteiger partial charge on any atom is -0.497 e. The summed E-state index contributed by atoms with van der Waals surface area (Å²) in [6.45, 7) is 3.02. The number of aryl methyl sites for hydroxylation is 3. The van der Waals surface area contributed by atoms with Gasteiger partial charge in [0.05, 0.1) is 12.8 Å². The van der Waals surface area contributed by atoms with Crippen molar-refractivity contribution in [2.24, 2.45) is 11.7 Å². The van der Waals surface area contributed by atoms with Crippen LogP contribution in [0.3, 0.4) is 0 Å². The van der Waals surface area contributed by atoms with Gasteiger partial charge in [-0.05, 0) is 92.8 Å². The fraction of sp³-hybridized carbons (Fsp3) is 0.438. The van der Waals surface area contributed by atoms with E-state index < -0.39 is 5.91 Å². The largest absolute Gasteiger partial charge is 0.497 e. The van der Waals surface area contributed by atoms with Gasteiger partial charge in [-0.15, -0.1) is 0 Å². The van der Waals surface area contributed by atoms with Gasteiger partial charge in [-0.2, -0.15) is 0 Å². The Bertz CT molecular complexity index is 1440. The van der Waals surface area contributed by atoms with E-state index in [0.29, 0.717) is 30.2 Å². The van der Waals surface area contributed by atoms with Crippen LogP contribution in [0.2, 0.25) is 0 Å². The minimum absolute atomic E-state index is 0.0906. The van der Waals surface area contributed by atoms with E-state index in [1.54, 1.807) is 19.5 Å².